The van der Waals surface area contributed by atoms with Crippen LogP contribution in [0.3, 0.4) is 0 Å². The van der Waals surface area contributed by atoms with Crippen molar-refractivity contribution in [2.75, 3.05) is 5.88 Å². The molecule has 0 N–H and O–H groups in total. The van der Waals surface area contributed by atoms with Crippen molar-refractivity contribution >= 4 is 45.8 Å². The summed E-state index contributed by atoms with van der Waals surface area (Å²) in [6.07, 6.45) is 0.738. The number of hydrogen-bond donors (Lipinski definition) is 0. The maximum absolute atomic E-state index is 6.17. The highest BCUT2D eigenvalue weighted by molar-refractivity contribution is 6.42. The molecule has 0 fully saturated rings. The van der Waals surface area contributed by atoms with Gasteiger partial charge in [0, 0.05) is 18.8 Å². The lowest BCUT2D eigenvalue weighted by Crippen LogP contribution is -2.23. The van der Waals surface area contributed by atoms with E-state index in [2.05, 4.69) is 37.2 Å². The van der Waals surface area contributed by atoms with Crippen molar-refractivity contribution in [1.82, 2.24) is 9.55 Å². The van der Waals surface area contributed by atoms with E-state index in [1.807, 2.05) is 12.1 Å². The van der Waals surface area contributed by atoms with Crippen LogP contribution in [0, 0.1) is 11.3 Å². The van der Waals surface area contributed by atoms with Crippen molar-refractivity contribution in [2.45, 2.75) is 40.7 Å². The van der Waals surface area contributed by atoms with E-state index in [4.69, 9.17) is 34.8 Å². The zero-order valence-electron chi connectivity index (χ0n) is 12.9. The van der Waals surface area contributed by atoms with Crippen molar-refractivity contribution < 1.29 is 0 Å². The molecule has 116 valence electrons. The third-order valence-electron chi connectivity index (χ3n) is 4.12. The van der Waals surface area contributed by atoms with Gasteiger partial charge >= 0.3 is 0 Å². The summed E-state index contributed by atoms with van der Waals surface area (Å²) in [5.41, 5.74) is 2.14. The molecular formula is C16H21Cl3N2. The Labute approximate surface area is 141 Å². The Morgan fingerprint density at radius 2 is 1.81 bits per heavy atom. The van der Waals surface area contributed by atoms with Crippen LogP contribution in [0.25, 0.3) is 11.0 Å². The molecule has 0 aliphatic rings. The van der Waals surface area contributed by atoms with Gasteiger partial charge in [0.1, 0.15) is 5.82 Å². The molecule has 1 heterocycles. The summed E-state index contributed by atoms with van der Waals surface area (Å²) in [5, 5.41) is 1.10. The summed E-state index contributed by atoms with van der Waals surface area (Å²) < 4.78 is 2.23. The largest absolute Gasteiger partial charge is 0.328 e. The van der Waals surface area contributed by atoms with Gasteiger partial charge in [0.2, 0.25) is 0 Å². The summed E-state index contributed by atoms with van der Waals surface area (Å²) in [5.74, 6) is 2.04. The number of nitrogens with zero attached hydrogens (tertiary/aromatic N) is 2. The second kappa shape index (κ2) is 6.36. The molecule has 1 unspecified atom stereocenters. The quantitative estimate of drug-likeness (QED) is 0.638. The van der Waals surface area contributed by atoms with Crippen LogP contribution in [0.15, 0.2) is 12.1 Å². The first kappa shape index (κ1) is 16.9. The lowest BCUT2D eigenvalue weighted by atomic mass is 9.82. The molecule has 21 heavy (non-hydrogen) atoms. The standard InChI is InChI=1S/C16H21Cl3N2/c1-10(16(2,3)4)9-21-14-8-12(19)11(18)7-13(14)20-15(21)5-6-17/h7-8,10H,5-6,9H2,1-4H3. The summed E-state index contributed by atoms with van der Waals surface area (Å²) >= 11 is 18.2. The lowest BCUT2D eigenvalue weighted by Gasteiger charge is -2.28. The fraction of sp³-hybridized carbons (Fsp3) is 0.562. The number of fused-ring (bicyclic) bond motifs is 1. The summed E-state index contributed by atoms with van der Waals surface area (Å²) in [7, 11) is 0. The van der Waals surface area contributed by atoms with Crippen molar-refractivity contribution in [2.24, 2.45) is 11.3 Å². The minimum Gasteiger partial charge on any atom is -0.328 e. The van der Waals surface area contributed by atoms with Crippen molar-refractivity contribution in [3.63, 3.8) is 0 Å². The van der Waals surface area contributed by atoms with E-state index in [1.54, 1.807) is 0 Å². The van der Waals surface area contributed by atoms with Gasteiger partial charge in [-0.25, -0.2) is 4.98 Å². The van der Waals surface area contributed by atoms with Crippen LogP contribution in [0.2, 0.25) is 10.0 Å². The molecule has 2 aromatic rings. The first-order valence-corrected chi connectivity index (χ1v) is 8.43. The van der Waals surface area contributed by atoms with Crippen LogP contribution in [-0.2, 0) is 13.0 Å². The van der Waals surface area contributed by atoms with E-state index in [-0.39, 0.29) is 5.41 Å². The monoisotopic (exact) mass is 346 g/mol. The van der Waals surface area contributed by atoms with Gasteiger partial charge in [-0.05, 0) is 23.5 Å². The van der Waals surface area contributed by atoms with Gasteiger partial charge in [-0.3, -0.25) is 0 Å². The highest BCUT2D eigenvalue weighted by Gasteiger charge is 2.23. The molecule has 0 aliphatic heterocycles. The molecule has 0 amide bonds. The predicted molar refractivity (Wildman–Crippen MR) is 92.8 cm³/mol. The van der Waals surface area contributed by atoms with Crippen LogP contribution >= 0.6 is 34.8 Å². The number of imidazole rings is 1. The number of hydrogen-bond acceptors (Lipinski definition) is 1. The highest BCUT2D eigenvalue weighted by Crippen LogP contribution is 2.32. The second-order valence-electron chi connectivity index (χ2n) is 6.60. The first-order chi connectivity index (χ1) is 9.74. The molecule has 0 saturated heterocycles. The molecule has 0 saturated carbocycles. The number of benzene rings is 1. The number of aromatic nitrogens is 2. The van der Waals surface area contributed by atoms with Gasteiger partial charge in [0.05, 0.1) is 21.1 Å². The van der Waals surface area contributed by atoms with Gasteiger partial charge in [-0.15, -0.1) is 11.6 Å². The van der Waals surface area contributed by atoms with Gasteiger partial charge < -0.3 is 4.57 Å². The van der Waals surface area contributed by atoms with Gasteiger partial charge in [-0.1, -0.05) is 50.9 Å². The zero-order chi connectivity index (χ0) is 15.8. The Balaban J connectivity index is 2.53. The molecule has 0 radical (unpaired) electrons. The molecule has 1 aromatic heterocycles. The van der Waals surface area contributed by atoms with Gasteiger partial charge in [0.15, 0.2) is 0 Å². The predicted octanol–water partition coefficient (Wildman–Crippen LogP) is 5.81. The highest BCUT2D eigenvalue weighted by atomic mass is 35.5. The number of alkyl halides is 1. The molecular weight excluding hydrogens is 327 g/mol. The SMILES string of the molecule is CC(Cn1c(CCCl)nc2cc(Cl)c(Cl)cc21)C(C)(C)C. The molecule has 2 rings (SSSR count). The Morgan fingerprint density at radius 3 is 2.38 bits per heavy atom. The third-order valence-corrected chi connectivity index (χ3v) is 5.03. The van der Waals surface area contributed by atoms with Crippen molar-refractivity contribution in [1.29, 1.82) is 0 Å². The topological polar surface area (TPSA) is 17.8 Å². The van der Waals surface area contributed by atoms with E-state index in [0.717, 1.165) is 29.8 Å². The number of aryl methyl sites for hydroxylation is 1. The Hall–Kier alpha value is -0.440. The molecule has 0 aliphatic carbocycles. The van der Waals surface area contributed by atoms with Crippen LogP contribution < -0.4 is 0 Å². The van der Waals surface area contributed by atoms with E-state index < -0.39 is 0 Å². The van der Waals surface area contributed by atoms with Gasteiger partial charge in [0.25, 0.3) is 0 Å². The van der Waals surface area contributed by atoms with Crippen LogP contribution in [0.1, 0.15) is 33.5 Å². The Bertz CT molecular complexity index is 641. The summed E-state index contributed by atoms with van der Waals surface area (Å²) in [4.78, 5) is 4.67. The maximum atomic E-state index is 6.17. The first-order valence-electron chi connectivity index (χ1n) is 7.14. The van der Waals surface area contributed by atoms with E-state index in [1.165, 1.54) is 0 Å². The van der Waals surface area contributed by atoms with E-state index >= 15 is 0 Å². The fourth-order valence-electron chi connectivity index (χ4n) is 2.20. The van der Waals surface area contributed by atoms with Crippen LogP contribution in [0.4, 0.5) is 0 Å². The van der Waals surface area contributed by atoms with Crippen molar-refractivity contribution in [3.05, 3.63) is 28.0 Å². The lowest BCUT2D eigenvalue weighted by molar-refractivity contribution is 0.233. The second-order valence-corrected chi connectivity index (χ2v) is 7.79. The van der Waals surface area contributed by atoms with E-state index in [9.17, 15) is 0 Å². The van der Waals surface area contributed by atoms with Gasteiger partial charge in [-0.2, -0.15) is 0 Å². The molecule has 0 spiro atoms. The third kappa shape index (κ3) is 3.67. The molecule has 0 bridgehead atoms. The molecule has 1 atom stereocenters. The normalized spacial score (nSPS) is 13.9. The maximum Gasteiger partial charge on any atom is 0.111 e. The fourth-order valence-corrected chi connectivity index (χ4v) is 2.68. The number of halogens is 3. The number of rotatable bonds is 4. The summed E-state index contributed by atoms with van der Waals surface area (Å²) in [6, 6.07) is 3.73. The van der Waals surface area contributed by atoms with Crippen LogP contribution in [-0.4, -0.2) is 15.4 Å². The Morgan fingerprint density at radius 1 is 1.19 bits per heavy atom. The van der Waals surface area contributed by atoms with Crippen molar-refractivity contribution in [3.8, 4) is 0 Å². The Kier molecular flexibility index (Phi) is 5.12. The average molecular weight is 348 g/mol. The van der Waals surface area contributed by atoms with Crippen LogP contribution in [0.5, 0.6) is 0 Å². The zero-order valence-corrected chi connectivity index (χ0v) is 15.1. The molecule has 5 heteroatoms. The summed E-state index contributed by atoms with van der Waals surface area (Å²) in [6.45, 7) is 9.91. The molecule has 2 nitrogen and oxygen atoms in total. The molecule has 1 aromatic carbocycles. The van der Waals surface area contributed by atoms with E-state index in [0.29, 0.717) is 21.8 Å². The minimum absolute atomic E-state index is 0.227. The average Bonchev–Trinajstić information content (AvgIpc) is 2.67. The smallest absolute Gasteiger partial charge is 0.111 e. The minimum atomic E-state index is 0.227.